The molecule has 0 amide bonds. The molecule has 2 aromatic rings. The minimum absolute atomic E-state index is 0.196. The maximum Gasteiger partial charge on any atom is 0.323 e. The van der Waals surface area contributed by atoms with E-state index in [9.17, 15) is 0 Å². The van der Waals surface area contributed by atoms with E-state index in [0.717, 1.165) is 5.56 Å². The minimum atomic E-state index is -0.196. The molecular formula is C9H6BrNO2. The van der Waals surface area contributed by atoms with Gasteiger partial charge in [0.15, 0.2) is 0 Å². The first kappa shape index (κ1) is 8.31. The molecule has 0 aliphatic rings. The van der Waals surface area contributed by atoms with Crippen LogP contribution in [0, 0.1) is 0 Å². The van der Waals surface area contributed by atoms with Gasteiger partial charge in [0.05, 0.1) is 0 Å². The van der Waals surface area contributed by atoms with Crippen LogP contribution in [0.1, 0.15) is 0 Å². The van der Waals surface area contributed by atoms with E-state index in [1.54, 1.807) is 0 Å². The van der Waals surface area contributed by atoms with Crippen molar-refractivity contribution in [3.05, 3.63) is 34.8 Å². The van der Waals surface area contributed by atoms with E-state index in [1.807, 2.05) is 30.3 Å². The minimum Gasteiger partial charge on any atom is -0.478 e. The highest BCUT2D eigenvalue weighted by Gasteiger charge is 2.13. The van der Waals surface area contributed by atoms with Crippen LogP contribution in [-0.4, -0.2) is 10.3 Å². The lowest BCUT2D eigenvalue weighted by Crippen LogP contribution is -1.75. The van der Waals surface area contributed by atoms with Gasteiger partial charge >= 0.3 is 5.95 Å². The van der Waals surface area contributed by atoms with Crippen LogP contribution in [0.5, 0.6) is 5.95 Å². The zero-order valence-electron chi connectivity index (χ0n) is 6.57. The van der Waals surface area contributed by atoms with Crippen molar-refractivity contribution in [2.45, 2.75) is 0 Å². The molecule has 0 aliphatic carbocycles. The normalized spacial score (nSPS) is 10.2. The smallest absolute Gasteiger partial charge is 0.323 e. The van der Waals surface area contributed by atoms with E-state index in [1.165, 1.54) is 0 Å². The number of aromatic nitrogens is 1. The van der Waals surface area contributed by atoms with E-state index in [4.69, 9.17) is 5.11 Å². The zero-order chi connectivity index (χ0) is 9.26. The molecule has 1 aromatic carbocycles. The van der Waals surface area contributed by atoms with Gasteiger partial charge in [0.1, 0.15) is 10.2 Å². The molecule has 0 saturated carbocycles. The van der Waals surface area contributed by atoms with Crippen molar-refractivity contribution in [2.24, 2.45) is 0 Å². The predicted molar refractivity (Wildman–Crippen MR) is 51.3 cm³/mol. The number of halogens is 1. The topological polar surface area (TPSA) is 46.3 Å². The van der Waals surface area contributed by atoms with Crippen LogP contribution in [0.3, 0.4) is 0 Å². The molecule has 0 saturated heterocycles. The summed E-state index contributed by atoms with van der Waals surface area (Å²) in [6.45, 7) is 0. The van der Waals surface area contributed by atoms with Gasteiger partial charge < -0.3 is 9.63 Å². The highest BCUT2D eigenvalue weighted by Crippen LogP contribution is 2.33. The number of aromatic hydroxyl groups is 1. The lowest BCUT2D eigenvalue weighted by atomic mass is 10.2. The van der Waals surface area contributed by atoms with Crippen molar-refractivity contribution in [1.29, 1.82) is 0 Å². The van der Waals surface area contributed by atoms with Gasteiger partial charge in [-0.2, -0.15) is 0 Å². The van der Waals surface area contributed by atoms with Crippen molar-refractivity contribution in [3.8, 4) is 17.2 Å². The van der Waals surface area contributed by atoms with Crippen molar-refractivity contribution < 1.29 is 9.63 Å². The maximum absolute atomic E-state index is 9.13. The second-order valence-electron chi connectivity index (χ2n) is 2.52. The van der Waals surface area contributed by atoms with Crippen LogP contribution in [-0.2, 0) is 0 Å². The van der Waals surface area contributed by atoms with Gasteiger partial charge in [-0.05, 0) is 15.9 Å². The highest BCUT2D eigenvalue weighted by atomic mass is 79.9. The summed E-state index contributed by atoms with van der Waals surface area (Å²) in [7, 11) is 0. The van der Waals surface area contributed by atoms with Gasteiger partial charge in [-0.3, -0.25) is 0 Å². The maximum atomic E-state index is 9.13. The average Bonchev–Trinajstić information content (AvgIpc) is 2.49. The molecule has 2 rings (SSSR count). The Morgan fingerprint density at radius 3 is 2.46 bits per heavy atom. The fraction of sp³-hybridized carbons (Fsp3) is 0. The molecule has 1 aromatic heterocycles. The third-order valence-corrected chi connectivity index (χ3v) is 2.38. The van der Waals surface area contributed by atoms with Crippen molar-refractivity contribution >= 4 is 15.9 Å². The summed E-state index contributed by atoms with van der Waals surface area (Å²) in [5, 5.41) is 12.8. The van der Waals surface area contributed by atoms with Crippen LogP contribution >= 0.6 is 15.9 Å². The fourth-order valence-corrected chi connectivity index (χ4v) is 1.42. The SMILES string of the molecule is Oc1onc(-c2ccccc2)c1Br. The molecular weight excluding hydrogens is 234 g/mol. The lowest BCUT2D eigenvalue weighted by Gasteiger charge is -1.93. The van der Waals surface area contributed by atoms with Crippen LogP contribution in [0.15, 0.2) is 39.3 Å². The number of hydrogen-bond acceptors (Lipinski definition) is 3. The summed E-state index contributed by atoms with van der Waals surface area (Å²) in [6, 6.07) is 9.49. The molecule has 1 heterocycles. The number of rotatable bonds is 1. The standard InChI is InChI=1S/C9H6BrNO2/c10-7-8(11-13-9(7)12)6-4-2-1-3-5-6/h1-5,12H. The van der Waals surface area contributed by atoms with Crippen molar-refractivity contribution in [2.75, 3.05) is 0 Å². The molecule has 0 atom stereocenters. The Morgan fingerprint density at radius 2 is 1.92 bits per heavy atom. The summed E-state index contributed by atoms with van der Waals surface area (Å²) in [6.07, 6.45) is 0. The first-order valence-corrected chi connectivity index (χ1v) is 4.48. The lowest BCUT2D eigenvalue weighted by molar-refractivity contribution is 0.277. The average molecular weight is 240 g/mol. The third kappa shape index (κ3) is 1.45. The first-order chi connectivity index (χ1) is 6.29. The largest absolute Gasteiger partial charge is 0.478 e. The summed E-state index contributed by atoms with van der Waals surface area (Å²) in [5.41, 5.74) is 1.51. The summed E-state index contributed by atoms with van der Waals surface area (Å²) >= 11 is 3.18. The van der Waals surface area contributed by atoms with Gasteiger partial charge in [0.2, 0.25) is 0 Å². The molecule has 1 N–H and O–H groups in total. The van der Waals surface area contributed by atoms with E-state index < -0.39 is 0 Å². The predicted octanol–water partition coefficient (Wildman–Crippen LogP) is 2.81. The Kier molecular flexibility index (Phi) is 2.06. The molecule has 13 heavy (non-hydrogen) atoms. The number of hydrogen-bond donors (Lipinski definition) is 1. The van der Waals surface area contributed by atoms with Crippen LogP contribution in [0.4, 0.5) is 0 Å². The third-order valence-electron chi connectivity index (χ3n) is 1.67. The van der Waals surface area contributed by atoms with Gasteiger partial charge in [-0.25, -0.2) is 0 Å². The second-order valence-corrected chi connectivity index (χ2v) is 3.31. The summed E-state index contributed by atoms with van der Waals surface area (Å²) in [4.78, 5) is 0. The molecule has 66 valence electrons. The second kappa shape index (κ2) is 3.22. The molecule has 3 nitrogen and oxygen atoms in total. The fourth-order valence-electron chi connectivity index (χ4n) is 1.05. The van der Waals surface area contributed by atoms with E-state index in [-0.39, 0.29) is 5.95 Å². The number of benzene rings is 1. The Hall–Kier alpha value is -1.29. The Morgan fingerprint density at radius 1 is 1.23 bits per heavy atom. The Labute approximate surface area is 83.1 Å². The van der Waals surface area contributed by atoms with Crippen LogP contribution in [0.25, 0.3) is 11.3 Å². The monoisotopic (exact) mass is 239 g/mol. The quantitative estimate of drug-likeness (QED) is 0.833. The molecule has 4 heteroatoms. The zero-order valence-corrected chi connectivity index (χ0v) is 8.15. The van der Waals surface area contributed by atoms with Crippen LogP contribution < -0.4 is 0 Å². The molecule has 0 unspecified atom stereocenters. The van der Waals surface area contributed by atoms with Gasteiger partial charge in [-0.1, -0.05) is 35.5 Å². The van der Waals surface area contributed by atoms with E-state index in [0.29, 0.717) is 10.2 Å². The molecule has 0 bridgehead atoms. The van der Waals surface area contributed by atoms with E-state index >= 15 is 0 Å². The number of nitrogens with zero attached hydrogens (tertiary/aromatic N) is 1. The Bertz CT molecular complexity index is 411. The van der Waals surface area contributed by atoms with Gasteiger partial charge in [0, 0.05) is 5.56 Å². The van der Waals surface area contributed by atoms with Crippen molar-refractivity contribution in [1.82, 2.24) is 5.16 Å². The van der Waals surface area contributed by atoms with Gasteiger partial charge in [-0.15, -0.1) is 0 Å². The summed E-state index contributed by atoms with van der Waals surface area (Å²) < 4.78 is 5.09. The van der Waals surface area contributed by atoms with E-state index in [2.05, 4.69) is 25.6 Å². The van der Waals surface area contributed by atoms with Crippen molar-refractivity contribution in [3.63, 3.8) is 0 Å². The summed E-state index contributed by atoms with van der Waals surface area (Å²) in [5.74, 6) is -0.196. The molecule has 0 spiro atoms. The highest BCUT2D eigenvalue weighted by molar-refractivity contribution is 9.10. The Balaban J connectivity index is 2.53. The molecule has 0 aliphatic heterocycles. The molecule has 0 fully saturated rings. The molecule has 0 radical (unpaired) electrons. The van der Waals surface area contributed by atoms with Gasteiger partial charge in [0.25, 0.3) is 0 Å². The van der Waals surface area contributed by atoms with Crippen LogP contribution in [0.2, 0.25) is 0 Å². The first-order valence-electron chi connectivity index (χ1n) is 3.68.